The molecule has 2 heterocycles. The lowest BCUT2D eigenvalue weighted by Gasteiger charge is -2.28. The quantitative estimate of drug-likeness (QED) is 0.384. The molecule has 1 aliphatic rings. The topological polar surface area (TPSA) is 125 Å². The highest BCUT2D eigenvalue weighted by Crippen LogP contribution is 2.32. The minimum Gasteiger partial charge on any atom is -0.393 e. The van der Waals surface area contributed by atoms with Crippen LogP contribution in [0.25, 0.3) is 0 Å². The van der Waals surface area contributed by atoms with Crippen molar-refractivity contribution in [1.82, 2.24) is 10.6 Å². The van der Waals surface area contributed by atoms with Gasteiger partial charge in [0.05, 0.1) is 24.7 Å². The van der Waals surface area contributed by atoms with Gasteiger partial charge in [0.1, 0.15) is 5.76 Å². The summed E-state index contributed by atoms with van der Waals surface area (Å²) in [6.45, 7) is 8.41. The molecule has 1 fully saturated rings. The molecule has 0 aliphatic carbocycles. The molecule has 1 aliphatic heterocycles. The fraction of sp³-hybridized carbons (Fsp3) is 0.818. The molecule has 1 aromatic heterocycles. The molecule has 3 unspecified atom stereocenters. The van der Waals surface area contributed by atoms with Gasteiger partial charge in [0, 0.05) is 12.5 Å². The standard InChI is InChI=1S/C22H38N2O6/c1-21(2,13-17-11-19(27)23-29-17)9-7-15(25)5-6-16(26)8-10-22(3,4)14-18-12-20(28)24-30-18/h11,15-16,18,25-26H,5-10,12-14H2,1-4H3,(H,23,27)(H,24,28). The summed E-state index contributed by atoms with van der Waals surface area (Å²) < 4.78 is 5.13. The number of hydroxylamine groups is 1. The summed E-state index contributed by atoms with van der Waals surface area (Å²) in [4.78, 5) is 27.7. The van der Waals surface area contributed by atoms with E-state index >= 15 is 0 Å². The van der Waals surface area contributed by atoms with Gasteiger partial charge in [-0.1, -0.05) is 27.7 Å². The second kappa shape index (κ2) is 10.6. The predicted octanol–water partition coefficient (Wildman–Crippen LogP) is 2.84. The van der Waals surface area contributed by atoms with Gasteiger partial charge in [0.25, 0.3) is 5.56 Å². The Balaban J connectivity index is 1.62. The zero-order valence-corrected chi connectivity index (χ0v) is 18.7. The first-order valence-corrected chi connectivity index (χ1v) is 10.9. The van der Waals surface area contributed by atoms with Crippen molar-refractivity contribution in [2.45, 2.75) is 104 Å². The van der Waals surface area contributed by atoms with Gasteiger partial charge in [-0.25, -0.2) is 5.48 Å². The minimum absolute atomic E-state index is 0.0339. The van der Waals surface area contributed by atoms with Crippen LogP contribution in [0.2, 0.25) is 0 Å². The summed E-state index contributed by atoms with van der Waals surface area (Å²) in [6.07, 6.45) is 4.79. The van der Waals surface area contributed by atoms with Gasteiger partial charge in [-0.15, -0.1) is 0 Å². The smallest absolute Gasteiger partial charge is 0.280 e. The molecule has 1 saturated heterocycles. The zero-order chi connectivity index (χ0) is 22.4. The summed E-state index contributed by atoms with van der Waals surface area (Å²) in [5.74, 6) is 0.548. The van der Waals surface area contributed by atoms with Gasteiger partial charge < -0.3 is 14.7 Å². The molecular weight excluding hydrogens is 388 g/mol. The molecule has 0 radical (unpaired) electrons. The first-order chi connectivity index (χ1) is 13.9. The van der Waals surface area contributed by atoms with Crippen LogP contribution < -0.4 is 11.0 Å². The van der Waals surface area contributed by atoms with Crippen LogP contribution in [0.4, 0.5) is 0 Å². The highest BCUT2D eigenvalue weighted by atomic mass is 16.7. The molecule has 4 N–H and O–H groups in total. The van der Waals surface area contributed by atoms with Crippen LogP contribution in [0, 0.1) is 10.8 Å². The Hall–Kier alpha value is -1.64. The number of H-pyrrole nitrogens is 1. The maximum absolute atomic E-state index is 11.2. The number of aliphatic hydroxyl groups is 2. The molecule has 8 heteroatoms. The molecule has 2 rings (SSSR count). The average molecular weight is 427 g/mol. The lowest BCUT2D eigenvalue weighted by atomic mass is 9.80. The minimum atomic E-state index is -0.464. The van der Waals surface area contributed by atoms with Gasteiger partial charge >= 0.3 is 0 Å². The van der Waals surface area contributed by atoms with Crippen LogP contribution in [0.15, 0.2) is 15.4 Å². The average Bonchev–Trinajstić information content (AvgIpc) is 3.23. The number of carbonyl (C=O) groups excluding carboxylic acids is 1. The van der Waals surface area contributed by atoms with E-state index in [-0.39, 0.29) is 28.4 Å². The molecule has 0 saturated carbocycles. The van der Waals surface area contributed by atoms with Gasteiger partial charge in [-0.05, 0) is 55.8 Å². The van der Waals surface area contributed by atoms with E-state index in [2.05, 4.69) is 38.3 Å². The normalized spacial score (nSPS) is 19.7. The lowest BCUT2D eigenvalue weighted by Crippen LogP contribution is -2.23. The van der Waals surface area contributed by atoms with Crippen molar-refractivity contribution in [2.75, 3.05) is 0 Å². The van der Waals surface area contributed by atoms with Gasteiger partial charge in [0.15, 0.2) is 0 Å². The van der Waals surface area contributed by atoms with Crippen molar-refractivity contribution in [2.24, 2.45) is 10.8 Å². The molecule has 0 aromatic carbocycles. The van der Waals surface area contributed by atoms with E-state index in [1.807, 2.05) is 0 Å². The van der Waals surface area contributed by atoms with Crippen LogP contribution in [-0.2, 0) is 16.1 Å². The summed E-state index contributed by atoms with van der Waals surface area (Å²) >= 11 is 0. The molecule has 0 spiro atoms. The van der Waals surface area contributed by atoms with E-state index in [9.17, 15) is 19.8 Å². The largest absolute Gasteiger partial charge is 0.393 e. The third-order valence-electron chi connectivity index (χ3n) is 5.90. The Labute approximate surface area is 178 Å². The van der Waals surface area contributed by atoms with Crippen LogP contribution in [0.1, 0.15) is 84.8 Å². The Kier molecular flexibility index (Phi) is 8.70. The molecule has 1 amide bonds. The summed E-state index contributed by atoms with van der Waals surface area (Å²) in [5, 5.41) is 23.0. The third-order valence-corrected chi connectivity index (χ3v) is 5.90. The van der Waals surface area contributed by atoms with Crippen LogP contribution in [-0.4, -0.2) is 39.6 Å². The Bertz CT molecular complexity index is 723. The van der Waals surface area contributed by atoms with E-state index in [0.29, 0.717) is 44.3 Å². The molecule has 30 heavy (non-hydrogen) atoms. The monoisotopic (exact) mass is 426 g/mol. The number of nitrogens with one attached hydrogen (secondary N) is 2. The number of hydrogen-bond donors (Lipinski definition) is 4. The fourth-order valence-corrected chi connectivity index (χ4v) is 4.03. The van der Waals surface area contributed by atoms with E-state index in [0.717, 1.165) is 19.3 Å². The molecule has 172 valence electrons. The van der Waals surface area contributed by atoms with Crippen molar-refractivity contribution in [3.8, 4) is 0 Å². The number of aromatic nitrogens is 1. The number of amides is 1. The van der Waals surface area contributed by atoms with Gasteiger partial charge in [0.2, 0.25) is 5.91 Å². The molecule has 3 atom stereocenters. The Morgan fingerprint density at radius 3 is 2.13 bits per heavy atom. The maximum atomic E-state index is 11.2. The van der Waals surface area contributed by atoms with E-state index in [1.165, 1.54) is 6.07 Å². The van der Waals surface area contributed by atoms with Crippen molar-refractivity contribution >= 4 is 5.91 Å². The SMILES string of the molecule is CC(C)(CCC(O)CCC(O)CCC(C)(C)CC1CC(=O)NO1)Cc1cc(=O)[nH]o1. The number of rotatable bonds is 13. The molecular formula is C22H38N2O6. The van der Waals surface area contributed by atoms with Gasteiger partial charge in [-0.2, -0.15) is 5.16 Å². The van der Waals surface area contributed by atoms with Crippen molar-refractivity contribution < 1.29 is 24.4 Å². The number of aromatic amines is 1. The van der Waals surface area contributed by atoms with Gasteiger partial charge in [-0.3, -0.25) is 14.4 Å². The summed E-state index contributed by atoms with van der Waals surface area (Å²) in [7, 11) is 0. The first kappa shape index (κ1) is 24.6. The van der Waals surface area contributed by atoms with Crippen LogP contribution in [0.3, 0.4) is 0 Å². The maximum Gasteiger partial charge on any atom is 0.280 e. The zero-order valence-electron chi connectivity index (χ0n) is 18.7. The van der Waals surface area contributed by atoms with Crippen LogP contribution >= 0.6 is 0 Å². The molecule has 8 nitrogen and oxygen atoms in total. The highest BCUT2D eigenvalue weighted by molar-refractivity contribution is 5.76. The van der Waals surface area contributed by atoms with Crippen molar-refractivity contribution in [3.05, 3.63) is 22.2 Å². The number of aliphatic hydroxyl groups excluding tert-OH is 2. The lowest BCUT2D eigenvalue weighted by molar-refractivity contribution is -0.124. The molecule has 0 bridgehead atoms. The van der Waals surface area contributed by atoms with E-state index in [1.54, 1.807) is 0 Å². The Morgan fingerprint density at radius 1 is 1.03 bits per heavy atom. The summed E-state index contributed by atoms with van der Waals surface area (Å²) in [6, 6.07) is 1.46. The van der Waals surface area contributed by atoms with E-state index in [4.69, 9.17) is 9.36 Å². The first-order valence-electron chi connectivity index (χ1n) is 10.9. The second-order valence-corrected chi connectivity index (χ2v) is 10.3. The summed E-state index contributed by atoms with van der Waals surface area (Å²) in [5.41, 5.74) is 2.02. The van der Waals surface area contributed by atoms with Crippen LogP contribution in [0.5, 0.6) is 0 Å². The predicted molar refractivity (Wildman–Crippen MR) is 113 cm³/mol. The Morgan fingerprint density at radius 2 is 1.63 bits per heavy atom. The van der Waals surface area contributed by atoms with Crippen molar-refractivity contribution in [3.63, 3.8) is 0 Å². The highest BCUT2D eigenvalue weighted by Gasteiger charge is 2.30. The fourth-order valence-electron chi connectivity index (χ4n) is 4.03. The van der Waals surface area contributed by atoms with Crippen molar-refractivity contribution in [1.29, 1.82) is 0 Å². The number of hydrogen-bond acceptors (Lipinski definition) is 6. The molecule has 1 aromatic rings. The van der Waals surface area contributed by atoms with E-state index < -0.39 is 12.2 Å². The number of carbonyl (C=O) groups is 1. The second-order valence-electron chi connectivity index (χ2n) is 10.3. The third kappa shape index (κ3) is 9.02.